The largest absolute Gasteiger partial charge is 0.492 e. The summed E-state index contributed by atoms with van der Waals surface area (Å²) >= 11 is 5.85. The molecule has 0 fully saturated rings. The van der Waals surface area contributed by atoms with Gasteiger partial charge in [0.15, 0.2) is 0 Å². The van der Waals surface area contributed by atoms with Crippen molar-refractivity contribution in [2.45, 2.75) is 13.3 Å². The second kappa shape index (κ2) is 5.51. The van der Waals surface area contributed by atoms with Gasteiger partial charge in [0.25, 0.3) is 0 Å². The molecule has 0 aliphatic heterocycles. The van der Waals surface area contributed by atoms with Crippen molar-refractivity contribution in [2.24, 2.45) is 0 Å². The monoisotopic (exact) mass is 226 g/mol. The lowest BCUT2D eigenvalue weighted by molar-refractivity contribution is -0.117. The van der Waals surface area contributed by atoms with Crippen LogP contribution in [0.25, 0.3) is 0 Å². The fourth-order valence-corrected chi connectivity index (χ4v) is 1.26. The van der Waals surface area contributed by atoms with Gasteiger partial charge in [-0.25, -0.2) is 0 Å². The van der Waals surface area contributed by atoms with Crippen molar-refractivity contribution >= 4 is 23.7 Å². The van der Waals surface area contributed by atoms with Crippen LogP contribution in [0.5, 0.6) is 5.75 Å². The Hall–Kier alpha value is -1.35. The van der Waals surface area contributed by atoms with E-state index in [-0.39, 0.29) is 5.78 Å². The maximum Gasteiger partial charge on any atom is 0.150 e. The summed E-state index contributed by atoms with van der Waals surface area (Å²) in [6.07, 6.45) is 1.07. The van der Waals surface area contributed by atoms with Gasteiger partial charge in [-0.05, 0) is 25.1 Å². The van der Waals surface area contributed by atoms with E-state index in [2.05, 4.69) is 0 Å². The molecule has 3 nitrogen and oxygen atoms in total. The molecule has 0 N–H and O–H groups in total. The minimum absolute atomic E-state index is 0.0654. The summed E-state index contributed by atoms with van der Waals surface area (Å²) in [6.45, 7) is 1.80. The summed E-state index contributed by atoms with van der Waals surface area (Å²) in [7, 11) is 0. The van der Waals surface area contributed by atoms with E-state index >= 15 is 0 Å². The smallest absolute Gasteiger partial charge is 0.150 e. The van der Waals surface area contributed by atoms with Crippen molar-refractivity contribution in [2.75, 3.05) is 6.61 Å². The Bertz CT molecular complexity index is 374. The molecule has 0 amide bonds. The average molecular weight is 227 g/mol. The molecular formula is C11H11ClO3. The van der Waals surface area contributed by atoms with Gasteiger partial charge in [0, 0.05) is 12.0 Å². The zero-order valence-electron chi connectivity index (χ0n) is 8.33. The molecular weight excluding hydrogens is 216 g/mol. The van der Waals surface area contributed by atoms with Crippen LogP contribution in [0, 0.1) is 0 Å². The summed E-state index contributed by atoms with van der Waals surface area (Å²) in [4.78, 5) is 21.1. The number of ether oxygens (including phenoxy) is 1. The van der Waals surface area contributed by atoms with Crippen LogP contribution in [-0.2, 0) is 4.79 Å². The Morgan fingerprint density at radius 2 is 2.27 bits per heavy atom. The molecule has 1 aromatic carbocycles. The van der Waals surface area contributed by atoms with E-state index in [9.17, 15) is 9.59 Å². The van der Waals surface area contributed by atoms with Gasteiger partial charge in [0.1, 0.15) is 17.8 Å². The van der Waals surface area contributed by atoms with Crippen LogP contribution in [0.2, 0.25) is 5.02 Å². The molecule has 0 heterocycles. The number of carbonyl (C=O) groups is 2. The summed E-state index contributed by atoms with van der Waals surface area (Å²) in [5, 5.41) is 0.378. The molecule has 1 rings (SSSR count). The molecule has 0 unspecified atom stereocenters. The molecule has 0 atom stereocenters. The molecule has 0 radical (unpaired) electrons. The van der Waals surface area contributed by atoms with Crippen molar-refractivity contribution in [1.29, 1.82) is 0 Å². The number of hydrogen-bond acceptors (Lipinski definition) is 3. The minimum atomic E-state index is 0.0654. The van der Waals surface area contributed by atoms with E-state index in [0.29, 0.717) is 35.6 Å². The van der Waals surface area contributed by atoms with Gasteiger partial charge in [0.05, 0.1) is 11.6 Å². The Labute approximate surface area is 93.0 Å². The number of hydrogen-bond donors (Lipinski definition) is 0. The van der Waals surface area contributed by atoms with E-state index in [1.54, 1.807) is 12.1 Å². The maximum atomic E-state index is 10.7. The summed E-state index contributed by atoms with van der Waals surface area (Å²) in [5.41, 5.74) is 0.499. The van der Waals surface area contributed by atoms with Gasteiger partial charge < -0.3 is 4.74 Å². The molecule has 0 spiro atoms. The predicted octanol–water partition coefficient (Wildman–Crippen LogP) is 2.51. The minimum Gasteiger partial charge on any atom is -0.492 e. The Morgan fingerprint density at radius 1 is 1.53 bits per heavy atom. The molecule has 0 aliphatic carbocycles. The molecule has 0 aliphatic rings. The Morgan fingerprint density at radius 3 is 2.80 bits per heavy atom. The van der Waals surface area contributed by atoms with Crippen LogP contribution < -0.4 is 4.74 Å². The van der Waals surface area contributed by atoms with Crippen molar-refractivity contribution in [3.05, 3.63) is 28.8 Å². The van der Waals surface area contributed by atoms with Gasteiger partial charge >= 0.3 is 0 Å². The first-order chi connectivity index (χ1) is 7.13. The van der Waals surface area contributed by atoms with Gasteiger partial charge in [-0.1, -0.05) is 11.6 Å². The van der Waals surface area contributed by atoms with Gasteiger partial charge in [-0.2, -0.15) is 0 Å². The highest BCUT2D eigenvalue weighted by atomic mass is 35.5. The van der Waals surface area contributed by atoms with E-state index < -0.39 is 0 Å². The summed E-state index contributed by atoms with van der Waals surface area (Å²) < 4.78 is 5.28. The first-order valence-electron chi connectivity index (χ1n) is 4.50. The Kier molecular flexibility index (Phi) is 4.31. The van der Waals surface area contributed by atoms with E-state index in [1.165, 1.54) is 13.0 Å². The molecule has 80 valence electrons. The number of rotatable bonds is 5. The highest BCUT2D eigenvalue weighted by Gasteiger charge is 2.03. The maximum absolute atomic E-state index is 10.7. The van der Waals surface area contributed by atoms with Crippen LogP contribution in [0.3, 0.4) is 0 Å². The second-order valence-corrected chi connectivity index (χ2v) is 3.52. The number of aldehydes is 1. The van der Waals surface area contributed by atoms with Crippen LogP contribution in [0.15, 0.2) is 18.2 Å². The SMILES string of the molecule is CC(=O)CCOc1ccc(C=O)cc1Cl. The fourth-order valence-electron chi connectivity index (χ4n) is 1.01. The molecule has 0 aromatic heterocycles. The third-order valence-electron chi connectivity index (χ3n) is 1.80. The average Bonchev–Trinajstić information content (AvgIpc) is 2.20. The number of carbonyl (C=O) groups excluding carboxylic acids is 2. The third kappa shape index (κ3) is 3.72. The third-order valence-corrected chi connectivity index (χ3v) is 2.10. The van der Waals surface area contributed by atoms with Crippen molar-refractivity contribution in [1.82, 2.24) is 0 Å². The fraction of sp³-hybridized carbons (Fsp3) is 0.273. The van der Waals surface area contributed by atoms with E-state index in [0.717, 1.165) is 0 Å². The summed E-state index contributed by atoms with van der Waals surface area (Å²) in [6, 6.07) is 4.76. The van der Waals surface area contributed by atoms with Crippen LogP contribution in [0.1, 0.15) is 23.7 Å². The molecule has 0 bridgehead atoms. The van der Waals surface area contributed by atoms with Crippen molar-refractivity contribution < 1.29 is 14.3 Å². The number of halogens is 1. The van der Waals surface area contributed by atoms with E-state index in [4.69, 9.17) is 16.3 Å². The molecule has 1 aromatic rings. The number of Topliss-reactive ketones (excluding diaryl/α,β-unsaturated/α-hetero) is 1. The lowest BCUT2D eigenvalue weighted by Gasteiger charge is -2.06. The zero-order valence-corrected chi connectivity index (χ0v) is 9.08. The van der Waals surface area contributed by atoms with Gasteiger partial charge in [-0.15, -0.1) is 0 Å². The molecule has 15 heavy (non-hydrogen) atoms. The van der Waals surface area contributed by atoms with Crippen LogP contribution >= 0.6 is 11.6 Å². The topological polar surface area (TPSA) is 43.4 Å². The second-order valence-electron chi connectivity index (χ2n) is 3.11. The zero-order chi connectivity index (χ0) is 11.3. The highest BCUT2D eigenvalue weighted by molar-refractivity contribution is 6.32. The van der Waals surface area contributed by atoms with Crippen molar-refractivity contribution in [3.63, 3.8) is 0 Å². The van der Waals surface area contributed by atoms with Gasteiger partial charge in [0.2, 0.25) is 0 Å². The number of ketones is 1. The quantitative estimate of drug-likeness (QED) is 0.725. The lowest BCUT2D eigenvalue weighted by Crippen LogP contribution is -2.03. The number of benzene rings is 1. The van der Waals surface area contributed by atoms with Crippen LogP contribution in [0.4, 0.5) is 0 Å². The Balaban J connectivity index is 2.62. The normalized spacial score (nSPS) is 9.73. The lowest BCUT2D eigenvalue weighted by atomic mass is 10.2. The first kappa shape index (κ1) is 11.7. The van der Waals surface area contributed by atoms with Gasteiger partial charge in [-0.3, -0.25) is 9.59 Å². The van der Waals surface area contributed by atoms with E-state index in [1.807, 2.05) is 0 Å². The highest BCUT2D eigenvalue weighted by Crippen LogP contribution is 2.24. The molecule has 0 saturated carbocycles. The summed E-state index contributed by atoms with van der Waals surface area (Å²) in [5.74, 6) is 0.555. The van der Waals surface area contributed by atoms with Crippen molar-refractivity contribution in [3.8, 4) is 5.75 Å². The van der Waals surface area contributed by atoms with Crippen LogP contribution in [-0.4, -0.2) is 18.7 Å². The molecule has 0 saturated heterocycles. The predicted molar refractivity (Wildman–Crippen MR) is 57.6 cm³/mol. The molecule has 4 heteroatoms. The first-order valence-corrected chi connectivity index (χ1v) is 4.88. The standard InChI is InChI=1S/C11H11ClO3/c1-8(14)4-5-15-11-3-2-9(7-13)6-10(11)12/h2-3,6-7H,4-5H2,1H3.